The molecule has 2 heterocycles. The maximum Gasteiger partial charge on any atom is 0.163 e. The highest BCUT2D eigenvalue weighted by molar-refractivity contribution is 5.93. The summed E-state index contributed by atoms with van der Waals surface area (Å²) in [5, 5.41) is 4.59. The number of fused-ring (bicyclic) bond motifs is 1. The van der Waals surface area contributed by atoms with Crippen molar-refractivity contribution in [1.82, 2.24) is 14.8 Å². The molecular weight excluding hydrogens is 340 g/mol. The van der Waals surface area contributed by atoms with Gasteiger partial charge in [-0.25, -0.2) is 0 Å². The molecule has 6 heteroatoms. The summed E-state index contributed by atoms with van der Waals surface area (Å²) in [4.78, 5) is 9.17. The number of ether oxygens (including phenoxy) is 2. The van der Waals surface area contributed by atoms with Crippen molar-refractivity contribution in [2.24, 2.45) is 0 Å². The number of rotatable bonds is 10. The van der Waals surface area contributed by atoms with Crippen LogP contribution in [0.5, 0.6) is 11.5 Å². The second kappa shape index (κ2) is 9.76. The molecule has 3 rings (SSSR count). The zero-order chi connectivity index (χ0) is 19.1. The molecule has 0 radical (unpaired) electrons. The lowest BCUT2D eigenvalue weighted by molar-refractivity contribution is 0.230. The summed E-state index contributed by atoms with van der Waals surface area (Å²) in [6.07, 6.45) is 5.53. The van der Waals surface area contributed by atoms with Gasteiger partial charge in [-0.05, 0) is 65.1 Å². The summed E-state index contributed by atoms with van der Waals surface area (Å²) in [6.45, 7) is 5.99. The van der Waals surface area contributed by atoms with Crippen LogP contribution in [0.4, 0.5) is 5.69 Å². The highest BCUT2D eigenvalue weighted by Gasteiger charge is 2.13. The smallest absolute Gasteiger partial charge is 0.163 e. The van der Waals surface area contributed by atoms with Crippen molar-refractivity contribution < 1.29 is 9.47 Å². The predicted molar refractivity (Wildman–Crippen MR) is 111 cm³/mol. The van der Waals surface area contributed by atoms with Crippen LogP contribution >= 0.6 is 0 Å². The second-order valence-electron chi connectivity index (χ2n) is 7.36. The van der Waals surface area contributed by atoms with Crippen LogP contribution in [-0.2, 0) is 0 Å². The Hall–Kier alpha value is -2.05. The van der Waals surface area contributed by atoms with Gasteiger partial charge in [0.1, 0.15) is 6.61 Å². The average Bonchev–Trinajstić information content (AvgIpc) is 3.18. The number of hydrogen-bond donors (Lipinski definition) is 1. The number of methoxy groups -OCH3 is 1. The van der Waals surface area contributed by atoms with Gasteiger partial charge in [0.15, 0.2) is 11.5 Å². The number of hydrogen-bond acceptors (Lipinski definition) is 6. The van der Waals surface area contributed by atoms with Gasteiger partial charge in [0.05, 0.1) is 12.6 Å². The van der Waals surface area contributed by atoms with Gasteiger partial charge in [-0.1, -0.05) is 0 Å². The Labute approximate surface area is 162 Å². The Bertz CT molecular complexity index is 729. The average molecular weight is 373 g/mol. The fourth-order valence-electron chi connectivity index (χ4n) is 3.49. The predicted octanol–water partition coefficient (Wildman–Crippen LogP) is 3.08. The van der Waals surface area contributed by atoms with Crippen molar-refractivity contribution in [2.75, 3.05) is 65.9 Å². The van der Waals surface area contributed by atoms with E-state index >= 15 is 0 Å². The van der Waals surface area contributed by atoms with Crippen molar-refractivity contribution in [2.45, 2.75) is 19.3 Å². The maximum atomic E-state index is 6.03. The van der Waals surface area contributed by atoms with Gasteiger partial charge in [-0.15, -0.1) is 0 Å². The fourth-order valence-corrected chi connectivity index (χ4v) is 3.49. The molecule has 2 aromatic rings. The Morgan fingerprint density at radius 2 is 2.00 bits per heavy atom. The third kappa shape index (κ3) is 5.47. The molecule has 1 aromatic heterocycles. The summed E-state index contributed by atoms with van der Waals surface area (Å²) in [6, 6.07) is 6.04. The van der Waals surface area contributed by atoms with E-state index in [1.54, 1.807) is 7.11 Å². The van der Waals surface area contributed by atoms with E-state index in [0.29, 0.717) is 6.61 Å². The fraction of sp³-hybridized carbons (Fsp3) is 0.571. The topological polar surface area (TPSA) is 49.9 Å². The third-order valence-corrected chi connectivity index (χ3v) is 4.99. The summed E-state index contributed by atoms with van der Waals surface area (Å²) in [5.41, 5.74) is 2.00. The number of anilines is 1. The standard InChI is InChI=1S/C21H32N4O2/c1-24(2)10-6-8-22-18-7-9-23-19-16-21(20(26-3)15-17(18)19)27-14-13-25-11-4-5-12-25/h7,9,15-16H,4-6,8,10-14H2,1-3H3,(H,22,23). The molecule has 6 nitrogen and oxygen atoms in total. The molecule has 27 heavy (non-hydrogen) atoms. The summed E-state index contributed by atoms with van der Waals surface area (Å²) < 4.78 is 11.6. The van der Waals surface area contributed by atoms with Crippen molar-refractivity contribution >= 4 is 16.6 Å². The van der Waals surface area contributed by atoms with Crippen LogP contribution in [0.2, 0.25) is 0 Å². The summed E-state index contributed by atoms with van der Waals surface area (Å²) in [5.74, 6) is 1.52. The van der Waals surface area contributed by atoms with E-state index in [4.69, 9.17) is 9.47 Å². The monoisotopic (exact) mass is 372 g/mol. The second-order valence-corrected chi connectivity index (χ2v) is 7.36. The lowest BCUT2D eigenvalue weighted by atomic mass is 10.1. The molecule has 1 fully saturated rings. The Balaban J connectivity index is 1.68. The van der Waals surface area contributed by atoms with Crippen molar-refractivity contribution in [3.05, 3.63) is 24.4 Å². The van der Waals surface area contributed by atoms with Crippen LogP contribution in [0.25, 0.3) is 10.9 Å². The lowest BCUT2D eigenvalue weighted by Crippen LogP contribution is -2.25. The number of nitrogens with one attached hydrogen (secondary N) is 1. The number of benzene rings is 1. The Morgan fingerprint density at radius 1 is 1.19 bits per heavy atom. The highest BCUT2D eigenvalue weighted by Crippen LogP contribution is 2.34. The van der Waals surface area contributed by atoms with Crippen molar-refractivity contribution in [3.8, 4) is 11.5 Å². The molecule has 0 atom stereocenters. The van der Waals surface area contributed by atoms with Crippen LogP contribution in [0.3, 0.4) is 0 Å². The summed E-state index contributed by atoms with van der Waals surface area (Å²) >= 11 is 0. The van der Waals surface area contributed by atoms with E-state index in [-0.39, 0.29) is 0 Å². The minimum atomic E-state index is 0.671. The van der Waals surface area contributed by atoms with E-state index < -0.39 is 0 Å². The number of nitrogens with zero attached hydrogens (tertiary/aromatic N) is 3. The van der Waals surface area contributed by atoms with Crippen LogP contribution in [0, 0.1) is 0 Å². The first kappa shape index (κ1) is 19.7. The number of likely N-dealkylation sites (tertiary alicyclic amines) is 1. The zero-order valence-electron chi connectivity index (χ0n) is 16.8. The summed E-state index contributed by atoms with van der Waals surface area (Å²) in [7, 11) is 5.88. The number of pyridine rings is 1. The molecule has 0 unspecified atom stereocenters. The van der Waals surface area contributed by atoms with Gasteiger partial charge in [0.25, 0.3) is 0 Å². The maximum absolute atomic E-state index is 6.03. The van der Waals surface area contributed by atoms with Crippen molar-refractivity contribution in [3.63, 3.8) is 0 Å². The molecule has 1 N–H and O–H groups in total. The SMILES string of the molecule is COc1cc2c(NCCCN(C)C)ccnc2cc1OCCN1CCCC1. The van der Waals surface area contributed by atoms with Crippen molar-refractivity contribution in [1.29, 1.82) is 0 Å². The van der Waals surface area contributed by atoms with Gasteiger partial charge in [-0.3, -0.25) is 9.88 Å². The van der Waals surface area contributed by atoms with Crippen LogP contribution in [-0.4, -0.2) is 75.3 Å². The lowest BCUT2D eigenvalue weighted by Gasteiger charge is -2.17. The minimum Gasteiger partial charge on any atom is -0.493 e. The van der Waals surface area contributed by atoms with Gasteiger partial charge in [-0.2, -0.15) is 0 Å². The molecule has 1 aliphatic heterocycles. The van der Waals surface area contributed by atoms with Gasteiger partial charge in [0.2, 0.25) is 0 Å². The minimum absolute atomic E-state index is 0.671. The van der Waals surface area contributed by atoms with E-state index in [1.807, 2.05) is 24.4 Å². The largest absolute Gasteiger partial charge is 0.493 e. The van der Waals surface area contributed by atoms with Crippen LogP contribution < -0.4 is 14.8 Å². The molecule has 0 amide bonds. The van der Waals surface area contributed by atoms with Crippen LogP contribution in [0.1, 0.15) is 19.3 Å². The molecule has 1 saturated heterocycles. The van der Waals surface area contributed by atoms with E-state index in [2.05, 4.69) is 34.2 Å². The first-order valence-corrected chi connectivity index (χ1v) is 9.88. The molecule has 0 aliphatic carbocycles. The van der Waals surface area contributed by atoms with Crippen LogP contribution in [0.15, 0.2) is 24.4 Å². The molecule has 1 aromatic carbocycles. The normalized spacial score (nSPS) is 14.8. The first-order chi connectivity index (χ1) is 13.2. The molecule has 0 saturated carbocycles. The quantitative estimate of drug-likeness (QED) is 0.647. The molecule has 148 valence electrons. The Kier molecular flexibility index (Phi) is 7.12. The highest BCUT2D eigenvalue weighted by atomic mass is 16.5. The van der Waals surface area contributed by atoms with E-state index in [9.17, 15) is 0 Å². The molecular formula is C21H32N4O2. The third-order valence-electron chi connectivity index (χ3n) is 4.99. The molecule has 1 aliphatic rings. The first-order valence-electron chi connectivity index (χ1n) is 9.88. The van der Waals surface area contributed by atoms with Gasteiger partial charge >= 0.3 is 0 Å². The number of aromatic nitrogens is 1. The van der Waals surface area contributed by atoms with E-state index in [1.165, 1.54) is 25.9 Å². The van der Waals surface area contributed by atoms with Gasteiger partial charge < -0.3 is 19.7 Å². The van der Waals surface area contributed by atoms with E-state index in [0.717, 1.165) is 54.1 Å². The molecule has 0 bridgehead atoms. The zero-order valence-corrected chi connectivity index (χ0v) is 16.8. The van der Waals surface area contributed by atoms with Gasteiger partial charge in [0, 0.05) is 36.4 Å². The Morgan fingerprint density at radius 3 is 2.74 bits per heavy atom. The molecule has 0 spiro atoms.